The Labute approximate surface area is 148 Å². The molecular formula is C21H38N2O+2. The third kappa shape index (κ3) is 6.92. The van der Waals surface area contributed by atoms with Crippen LogP contribution in [0.5, 0.6) is 0 Å². The summed E-state index contributed by atoms with van der Waals surface area (Å²) in [4.78, 5) is 1.54. The summed E-state index contributed by atoms with van der Waals surface area (Å²) in [5, 5.41) is 2.51. The van der Waals surface area contributed by atoms with Crippen LogP contribution >= 0.6 is 0 Å². The normalized spacial score (nSPS) is 21.8. The molecule has 1 aromatic rings. The molecule has 0 radical (unpaired) electrons. The van der Waals surface area contributed by atoms with E-state index in [1.807, 2.05) is 0 Å². The highest BCUT2D eigenvalue weighted by molar-refractivity contribution is 5.15. The number of ether oxygens (including phenoxy) is 1. The first-order chi connectivity index (χ1) is 11.5. The molecule has 3 nitrogen and oxygen atoms in total. The number of hydrogen-bond donors (Lipinski definition) is 2. The number of quaternary nitrogens is 2. The van der Waals surface area contributed by atoms with Crippen LogP contribution in [-0.4, -0.2) is 45.9 Å². The first-order valence-electron chi connectivity index (χ1n) is 9.75. The number of rotatable bonds is 9. The Morgan fingerprint density at radius 3 is 2.62 bits per heavy atom. The van der Waals surface area contributed by atoms with Crippen molar-refractivity contribution in [1.82, 2.24) is 0 Å². The molecule has 0 spiro atoms. The van der Waals surface area contributed by atoms with Crippen LogP contribution in [-0.2, 0) is 11.2 Å². The number of benzene rings is 1. The second kappa shape index (κ2) is 9.55. The van der Waals surface area contributed by atoms with Crippen LogP contribution in [0, 0.1) is 11.8 Å². The van der Waals surface area contributed by atoms with Gasteiger partial charge >= 0.3 is 0 Å². The van der Waals surface area contributed by atoms with E-state index in [9.17, 15) is 0 Å². The van der Waals surface area contributed by atoms with E-state index in [0.29, 0.717) is 0 Å². The summed E-state index contributed by atoms with van der Waals surface area (Å²) in [7, 11) is 4.46. The van der Waals surface area contributed by atoms with E-state index in [-0.39, 0.29) is 5.60 Å². The van der Waals surface area contributed by atoms with Crippen molar-refractivity contribution in [2.24, 2.45) is 11.8 Å². The maximum Gasteiger partial charge on any atom is 0.126 e. The summed E-state index contributed by atoms with van der Waals surface area (Å²) < 4.78 is 5.95. The minimum absolute atomic E-state index is 0.0514. The largest absolute Gasteiger partial charge is 0.376 e. The van der Waals surface area contributed by atoms with Crippen molar-refractivity contribution in [3.63, 3.8) is 0 Å². The standard InChI is InChI=1S/C21H36N2O/c1-21(2)17-20(11-15-24-21)19(10-12-22-13-14-23(3)4)16-18-8-6-5-7-9-18/h5-9,19-20,22H,10-17H2,1-4H3/p+2/t19-,20+/m0/s1. The second-order valence-electron chi connectivity index (χ2n) is 8.42. The molecule has 0 saturated carbocycles. The lowest BCUT2D eigenvalue weighted by atomic mass is 9.76. The van der Waals surface area contributed by atoms with E-state index in [0.717, 1.165) is 18.4 Å². The second-order valence-corrected chi connectivity index (χ2v) is 8.42. The highest BCUT2D eigenvalue weighted by Crippen LogP contribution is 2.36. The van der Waals surface area contributed by atoms with Gasteiger partial charge in [0.2, 0.25) is 0 Å². The zero-order valence-corrected chi connectivity index (χ0v) is 16.2. The summed E-state index contributed by atoms with van der Waals surface area (Å²) in [6, 6.07) is 11.0. The Bertz CT molecular complexity index is 458. The summed E-state index contributed by atoms with van der Waals surface area (Å²) in [6.07, 6.45) is 4.96. The average Bonchev–Trinajstić information content (AvgIpc) is 2.53. The van der Waals surface area contributed by atoms with Gasteiger partial charge in [-0.15, -0.1) is 0 Å². The Morgan fingerprint density at radius 2 is 1.96 bits per heavy atom. The third-order valence-corrected chi connectivity index (χ3v) is 5.33. The van der Waals surface area contributed by atoms with Gasteiger partial charge in [-0.05, 0) is 56.9 Å². The van der Waals surface area contributed by atoms with Crippen LogP contribution in [0.3, 0.4) is 0 Å². The first-order valence-corrected chi connectivity index (χ1v) is 9.75. The van der Waals surface area contributed by atoms with E-state index in [1.165, 1.54) is 50.9 Å². The van der Waals surface area contributed by atoms with Crippen LogP contribution in [0.15, 0.2) is 30.3 Å². The fourth-order valence-corrected chi connectivity index (χ4v) is 3.97. The lowest BCUT2D eigenvalue weighted by Gasteiger charge is -2.39. The molecule has 3 heteroatoms. The molecule has 0 amide bonds. The maximum absolute atomic E-state index is 5.95. The molecule has 0 bridgehead atoms. The van der Waals surface area contributed by atoms with Crippen molar-refractivity contribution < 1.29 is 15.0 Å². The minimum atomic E-state index is 0.0514. The van der Waals surface area contributed by atoms with Crippen molar-refractivity contribution in [1.29, 1.82) is 0 Å². The lowest BCUT2D eigenvalue weighted by molar-refractivity contribution is -0.874. The number of nitrogens with one attached hydrogen (secondary N) is 1. The fourth-order valence-electron chi connectivity index (χ4n) is 3.97. The summed E-state index contributed by atoms with van der Waals surface area (Å²) in [5.74, 6) is 1.57. The van der Waals surface area contributed by atoms with Gasteiger partial charge in [0.1, 0.15) is 13.1 Å². The molecule has 1 aliphatic rings. The number of nitrogens with two attached hydrogens (primary N) is 1. The van der Waals surface area contributed by atoms with E-state index in [4.69, 9.17) is 4.74 Å². The Kier molecular flexibility index (Phi) is 7.73. The first kappa shape index (κ1) is 19.4. The topological polar surface area (TPSA) is 30.3 Å². The van der Waals surface area contributed by atoms with Crippen molar-refractivity contribution in [3.05, 3.63) is 35.9 Å². The van der Waals surface area contributed by atoms with E-state index < -0.39 is 0 Å². The van der Waals surface area contributed by atoms with E-state index >= 15 is 0 Å². The molecule has 3 N–H and O–H groups in total. The van der Waals surface area contributed by atoms with Crippen LogP contribution in [0.4, 0.5) is 0 Å². The average molecular weight is 335 g/mol. The van der Waals surface area contributed by atoms with Gasteiger partial charge in [-0.25, -0.2) is 0 Å². The monoisotopic (exact) mass is 334 g/mol. The summed E-state index contributed by atoms with van der Waals surface area (Å²) in [5.41, 5.74) is 1.54. The minimum Gasteiger partial charge on any atom is -0.376 e. The fraction of sp³-hybridized carbons (Fsp3) is 0.714. The van der Waals surface area contributed by atoms with Gasteiger partial charge < -0.3 is 15.0 Å². The Balaban J connectivity index is 1.91. The van der Waals surface area contributed by atoms with Crippen LogP contribution in [0.1, 0.15) is 38.7 Å². The van der Waals surface area contributed by atoms with Gasteiger partial charge in [0, 0.05) is 6.61 Å². The molecule has 0 unspecified atom stereocenters. The molecule has 1 aliphatic heterocycles. The van der Waals surface area contributed by atoms with Gasteiger partial charge in [-0.1, -0.05) is 30.3 Å². The zero-order valence-electron chi connectivity index (χ0n) is 16.2. The molecule has 1 fully saturated rings. The van der Waals surface area contributed by atoms with E-state index in [1.54, 1.807) is 4.90 Å². The molecular weight excluding hydrogens is 296 g/mol. The van der Waals surface area contributed by atoms with Crippen LogP contribution in [0.2, 0.25) is 0 Å². The van der Waals surface area contributed by atoms with Gasteiger partial charge in [-0.3, -0.25) is 0 Å². The quantitative estimate of drug-likeness (QED) is 0.652. The zero-order chi connectivity index (χ0) is 17.4. The molecule has 24 heavy (non-hydrogen) atoms. The molecule has 0 aliphatic carbocycles. The molecule has 136 valence electrons. The smallest absolute Gasteiger partial charge is 0.126 e. The van der Waals surface area contributed by atoms with Crippen molar-refractivity contribution in [2.45, 2.75) is 45.1 Å². The maximum atomic E-state index is 5.95. The van der Waals surface area contributed by atoms with Gasteiger partial charge in [0.15, 0.2) is 0 Å². The predicted octanol–water partition coefficient (Wildman–Crippen LogP) is 1.15. The predicted molar refractivity (Wildman–Crippen MR) is 100 cm³/mol. The van der Waals surface area contributed by atoms with Crippen LogP contribution < -0.4 is 10.2 Å². The van der Waals surface area contributed by atoms with Gasteiger partial charge in [0.05, 0.1) is 26.2 Å². The molecule has 1 saturated heterocycles. The van der Waals surface area contributed by atoms with Crippen molar-refractivity contribution in [2.75, 3.05) is 40.3 Å². The molecule has 1 aromatic carbocycles. The number of likely N-dealkylation sites (N-methyl/N-ethyl adjacent to an activating group) is 1. The molecule has 1 heterocycles. The lowest BCUT2D eigenvalue weighted by Crippen LogP contribution is -3.09. The summed E-state index contributed by atoms with van der Waals surface area (Å²) in [6.45, 7) is 9.17. The Morgan fingerprint density at radius 1 is 1.21 bits per heavy atom. The molecule has 2 rings (SSSR count). The highest BCUT2D eigenvalue weighted by atomic mass is 16.5. The number of hydrogen-bond acceptors (Lipinski definition) is 1. The van der Waals surface area contributed by atoms with Crippen LogP contribution in [0.25, 0.3) is 0 Å². The Hall–Kier alpha value is -0.900. The third-order valence-electron chi connectivity index (χ3n) is 5.33. The molecule has 0 aromatic heterocycles. The van der Waals surface area contributed by atoms with Gasteiger partial charge in [0.25, 0.3) is 0 Å². The SMILES string of the molecule is C[NH+](C)CC[NH2+]CC[C@@H](Cc1ccccc1)[C@@H]1CCOC(C)(C)C1. The molecule has 2 atom stereocenters. The highest BCUT2D eigenvalue weighted by Gasteiger charge is 2.33. The van der Waals surface area contributed by atoms with Crippen molar-refractivity contribution in [3.8, 4) is 0 Å². The van der Waals surface area contributed by atoms with Gasteiger partial charge in [-0.2, -0.15) is 0 Å². The van der Waals surface area contributed by atoms with Crippen molar-refractivity contribution >= 4 is 0 Å². The summed E-state index contributed by atoms with van der Waals surface area (Å²) >= 11 is 0. The van der Waals surface area contributed by atoms with E-state index in [2.05, 4.69) is 63.6 Å².